The minimum absolute atomic E-state index is 0.188. The quantitative estimate of drug-likeness (QED) is 0.661. The maximum Gasteiger partial charge on any atom is 0.333 e. The van der Waals surface area contributed by atoms with Gasteiger partial charge in [-0.2, -0.15) is 0 Å². The maximum atomic E-state index is 11.4. The number of hydrogen-bond acceptors (Lipinski definition) is 3. The zero-order valence-electron chi connectivity index (χ0n) is 10.8. The first-order chi connectivity index (χ1) is 9.16. The number of esters is 1. The first-order valence-electron chi connectivity index (χ1n) is 6.04. The van der Waals surface area contributed by atoms with Gasteiger partial charge < -0.3 is 9.72 Å². The van der Waals surface area contributed by atoms with E-state index in [0.717, 1.165) is 11.4 Å². The lowest BCUT2D eigenvalue weighted by Gasteiger charge is -2.05. The molecule has 0 fully saturated rings. The van der Waals surface area contributed by atoms with Crippen LogP contribution in [0.4, 0.5) is 0 Å². The van der Waals surface area contributed by atoms with Crippen molar-refractivity contribution in [1.82, 2.24) is 9.97 Å². The summed E-state index contributed by atoms with van der Waals surface area (Å²) in [4.78, 5) is 18.6. The van der Waals surface area contributed by atoms with Crippen LogP contribution in [-0.4, -0.2) is 15.9 Å². The number of H-pyrrole nitrogens is 1. The van der Waals surface area contributed by atoms with Crippen LogP contribution in [-0.2, 0) is 22.6 Å². The van der Waals surface area contributed by atoms with Gasteiger partial charge in [-0.1, -0.05) is 36.9 Å². The molecule has 0 amide bonds. The van der Waals surface area contributed by atoms with Crippen LogP contribution in [0.5, 0.6) is 0 Å². The monoisotopic (exact) mass is 256 g/mol. The molecule has 0 bridgehead atoms. The molecule has 4 nitrogen and oxygen atoms in total. The number of aromatic nitrogens is 2. The number of nitrogens with zero attached hydrogens (tertiary/aromatic N) is 1. The minimum atomic E-state index is -0.389. The summed E-state index contributed by atoms with van der Waals surface area (Å²) in [5.41, 5.74) is 3.27. The summed E-state index contributed by atoms with van der Waals surface area (Å²) in [6.07, 6.45) is 2.33. The van der Waals surface area contributed by atoms with Crippen molar-refractivity contribution >= 4 is 5.97 Å². The van der Waals surface area contributed by atoms with Gasteiger partial charge in [-0.15, -0.1) is 0 Å². The Bertz CT molecular complexity index is 573. The van der Waals surface area contributed by atoms with Gasteiger partial charge in [0.15, 0.2) is 0 Å². The van der Waals surface area contributed by atoms with E-state index in [0.29, 0.717) is 12.0 Å². The number of rotatable bonds is 5. The molecule has 0 atom stereocenters. The van der Waals surface area contributed by atoms with Crippen molar-refractivity contribution in [2.24, 2.45) is 0 Å². The predicted octanol–water partition coefficient (Wildman–Crippen LogP) is 2.62. The molecule has 0 spiro atoms. The summed E-state index contributed by atoms with van der Waals surface area (Å²) in [6, 6.07) is 10.0. The molecule has 2 aromatic rings. The van der Waals surface area contributed by atoms with E-state index in [1.165, 1.54) is 5.56 Å². The Kier molecular flexibility index (Phi) is 4.13. The molecule has 2 rings (SSSR count). The topological polar surface area (TPSA) is 55.0 Å². The third-order valence-electron chi connectivity index (χ3n) is 2.72. The molecule has 0 unspecified atom stereocenters. The van der Waals surface area contributed by atoms with Gasteiger partial charge in [0.1, 0.15) is 6.61 Å². The van der Waals surface area contributed by atoms with E-state index in [1.807, 2.05) is 30.3 Å². The molecule has 4 heteroatoms. The van der Waals surface area contributed by atoms with E-state index in [4.69, 9.17) is 4.74 Å². The number of nitrogens with one attached hydrogen (secondary N) is 1. The Morgan fingerprint density at radius 2 is 2.11 bits per heavy atom. The van der Waals surface area contributed by atoms with Gasteiger partial charge in [0.25, 0.3) is 0 Å². The van der Waals surface area contributed by atoms with Crippen LogP contribution in [0, 0.1) is 0 Å². The number of imidazole rings is 1. The summed E-state index contributed by atoms with van der Waals surface area (Å²) >= 11 is 0. The second-order valence-corrected chi connectivity index (χ2v) is 4.35. The summed E-state index contributed by atoms with van der Waals surface area (Å²) in [7, 11) is 0. The van der Waals surface area contributed by atoms with Gasteiger partial charge in [0.2, 0.25) is 0 Å². The van der Waals surface area contributed by atoms with Crippen LogP contribution >= 0.6 is 0 Å². The average Bonchev–Trinajstić information content (AvgIpc) is 2.84. The van der Waals surface area contributed by atoms with Gasteiger partial charge in [0, 0.05) is 12.0 Å². The molecule has 0 aliphatic rings. The molecular formula is C15H16N2O2. The molecule has 98 valence electrons. The third-order valence-corrected chi connectivity index (χ3v) is 2.72. The zero-order valence-corrected chi connectivity index (χ0v) is 10.8. The summed E-state index contributed by atoms with van der Waals surface area (Å²) in [6.45, 7) is 5.36. The van der Waals surface area contributed by atoms with Crippen molar-refractivity contribution in [3.8, 4) is 0 Å². The lowest BCUT2D eigenvalue weighted by molar-refractivity contribution is -0.140. The second-order valence-electron chi connectivity index (χ2n) is 4.35. The van der Waals surface area contributed by atoms with E-state index in [2.05, 4.69) is 16.5 Å². The molecule has 1 N–H and O–H groups in total. The number of carbonyl (C=O) groups excluding carboxylic acids is 1. The standard InChI is InChI=1S/C15H16N2O2/c1-11(2)15(18)19-9-14-13(16-10-17-14)8-12-6-4-3-5-7-12/h3-7,10H,1,8-9H2,2H3,(H,16,17). The molecule has 0 aliphatic heterocycles. The number of ether oxygens (including phenoxy) is 1. The van der Waals surface area contributed by atoms with Crippen LogP contribution in [0.25, 0.3) is 0 Å². The number of carbonyl (C=O) groups is 1. The lowest BCUT2D eigenvalue weighted by Crippen LogP contribution is -2.06. The van der Waals surface area contributed by atoms with Crippen molar-refractivity contribution in [2.75, 3.05) is 0 Å². The SMILES string of the molecule is C=C(C)C(=O)OCc1[nH]cnc1Cc1ccccc1. The van der Waals surface area contributed by atoms with E-state index >= 15 is 0 Å². The summed E-state index contributed by atoms with van der Waals surface area (Å²) < 4.78 is 5.12. The highest BCUT2D eigenvalue weighted by molar-refractivity contribution is 5.86. The fraction of sp³-hybridized carbons (Fsp3) is 0.200. The van der Waals surface area contributed by atoms with Crippen molar-refractivity contribution in [1.29, 1.82) is 0 Å². The maximum absolute atomic E-state index is 11.4. The van der Waals surface area contributed by atoms with Crippen LogP contribution in [0.3, 0.4) is 0 Å². The largest absolute Gasteiger partial charge is 0.456 e. The second kappa shape index (κ2) is 6.00. The lowest BCUT2D eigenvalue weighted by atomic mass is 10.1. The van der Waals surface area contributed by atoms with E-state index in [9.17, 15) is 4.79 Å². The van der Waals surface area contributed by atoms with E-state index < -0.39 is 0 Å². The zero-order chi connectivity index (χ0) is 13.7. The van der Waals surface area contributed by atoms with Crippen LogP contribution in [0.2, 0.25) is 0 Å². The molecular weight excluding hydrogens is 240 g/mol. The normalized spacial score (nSPS) is 10.2. The van der Waals surface area contributed by atoms with E-state index in [-0.39, 0.29) is 12.6 Å². The first-order valence-corrected chi connectivity index (χ1v) is 6.04. The highest BCUT2D eigenvalue weighted by atomic mass is 16.5. The molecule has 1 aromatic carbocycles. The van der Waals surface area contributed by atoms with Gasteiger partial charge in [0.05, 0.1) is 17.7 Å². The van der Waals surface area contributed by atoms with Crippen molar-refractivity contribution < 1.29 is 9.53 Å². The van der Waals surface area contributed by atoms with E-state index in [1.54, 1.807) is 13.3 Å². The molecule has 1 heterocycles. The molecule has 0 saturated carbocycles. The van der Waals surface area contributed by atoms with Gasteiger partial charge in [-0.25, -0.2) is 9.78 Å². The number of hydrogen-bond donors (Lipinski definition) is 1. The number of aromatic amines is 1. The fourth-order valence-corrected chi connectivity index (χ4v) is 1.68. The average molecular weight is 256 g/mol. The Labute approximate surface area is 112 Å². The molecule has 0 radical (unpaired) electrons. The Morgan fingerprint density at radius 3 is 2.79 bits per heavy atom. The Morgan fingerprint density at radius 1 is 1.37 bits per heavy atom. The highest BCUT2D eigenvalue weighted by Crippen LogP contribution is 2.12. The Balaban J connectivity index is 2.02. The molecule has 0 saturated heterocycles. The summed E-state index contributed by atoms with van der Waals surface area (Å²) in [5, 5.41) is 0. The Hall–Kier alpha value is -2.36. The van der Waals surface area contributed by atoms with Crippen LogP contribution in [0.1, 0.15) is 23.9 Å². The van der Waals surface area contributed by atoms with Gasteiger partial charge in [-0.3, -0.25) is 0 Å². The minimum Gasteiger partial charge on any atom is -0.456 e. The predicted molar refractivity (Wildman–Crippen MR) is 72.4 cm³/mol. The van der Waals surface area contributed by atoms with Gasteiger partial charge in [-0.05, 0) is 12.5 Å². The first kappa shape index (κ1) is 13.1. The molecule has 1 aromatic heterocycles. The molecule has 19 heavy (non-hydrogen) atoms. The fourth-order valence-electron chi connectivity index (χ4n) is 1.68. The van der Waals surface area contributed by atoms with Gasteiger partial charge >= 0.3 is 5.97 Å². The molecule has 0 aliphatic carbocycles. The smallest absolute Gasteiger partial charge is 0.333 e. The van der Waals surface area contributed by atoms with Crippen molar-refractivity contribution in [3.05, 3.63) is 65.8 Å². The highest BCUT2D eigenvalue weighted by Gasteiger charge is 2.10. The van der Waals surface area contributed by atoms with Crippen LogP contribution in [0.15, 0.2) is 48.8 Å². The number of benzene rings is 1. The van der Waals surface area contributed by atoms with Crippen molar-refractivity contribution in [3.63, 3.8) is 0 Å². The third kappa shape index (κ3) is 3.55. The van der Waals surface area contributed by atoms with Crippen molar-refractivity contribution in [2.45, 2.75) is 20.0 Å². The summed E-state index contributed by atoms with van der Waals surface area (Å²) in [5.74, 6) is -0.389. The van der Waals surface area contributed by atoms with Crippen LogP contribution < -0.4 is 0 Å².